The Balaban J connectivity index is 1.69. The second-order valence-electron chi connectivity index (χ2n) is 6.06. The second-order valence-corrected chi connectivity index (χ2v) is 7.38. The molecule has 3 amide bonds. The third-order valence-electron chi connectivity index (χ3n) is 4.06. The second kappa shape index (κ2) is 6.57. The van der Waals surface area contributed by atoms with Gasteiger partial charge in [0, 0.05) is 9.75 Å². The number of hydrogen-bond acceptors (Lipinski definition) is 4. The molecule has 1 atom stereocenters. The van der Waals surface area contributed by atoms with Crippen molar-refractivity contribution in [2.75, 3.05) is 0 Å². The molecule has 2 aromatic rings. The Hall–Kier alpha value is -2.47. The molecular weight excluding hydrogens is 322 g/mol. The van der Waals surface area contributed by atoms with E-state index < -0.39 is 11.6 Å². The van der Waals surface area contributed by atoms with Crippen molar-refractivity contribution >= 4 is 29.5 Å². The predicted molar refractivity (Wildman–Crippen MR) is 95.2 cm³/mol. The first-order valence-corrected chi connectivity index (χ1v) is 8.61. The van der Waals surface area contributed by atoms with E-state index in [0.29, 0.717) is 12.8 Å². The molecule has 0 radical (unpaired) electrons. The highest BCUT2D eigenvalue weighted by atomic mass is 32.1. The summed E-state index contributed by atoms with van der Waals surface area (Å²) in [6, 6.07) is 13.3. The number of amides is 3. The Morgan fingerprint density at radius 2 is 1.96 bits per heavy atom. The Morgan fingerprint density at radius 1 is 1.21 bits per heavy atom. The van der Waals surface area contributed by atoms with Crippen molar-refractivity contribution in [2.24, 2.45) is 5.10 Å². The van der Waals surface area contributed by atoms with Crippen LogP contribution in [0, 0.1) is 6.92 Å². The zero-order valence-corrected chi connectivity index (χ0v) is 14.5. The van der Waals surface area contributed by atoms with Gasteiger partial charge in [0.2, 0.25) is 0 Å². The van der Waals surface area contributed by atoms with Crippen molar-refractivity contribution in [3.63, 3.8) is 0 Å². The number of carbonyl (C=O) groups is 2. The maximum atomic E-state index is 12.6. The fraction of sp³-hybridized carbons (Fsp3) is 0.278. The minimum atomic E-state index is -0.921. The number of hydrazone groups is 1. The number of urea groups is 1. The first-order chi connectivity index (χ1) is 11.5. The molecule has 1 saturated heterocycles. The molecule has 3 rings (SSSR count). The molecule has 0 spiro atoms. The molecule has 5 nitrogen and oxygen atoms in total. The summed E-state index contributed by atoms with van der Waals surface area (Å²) in [4.78, 5) is 26.8. The van der Waals surface area contributed by atoms with Crippen LogP contribution in [-0.4, -0.2) is 28.7 Å². The molecule has 1 aliphatic heterocycles. The van der Waals surface area contributed by atoms with Gasteiger partial charge in [-0.15, -0.1) is 16.3 Å². The molecule has 1 N–H and O–H groups in total. The lowest BCUT2D eigenvalue weighted by Gasteiger charge is -2.20. The minimum Gasteiger partial charge on any atom is -0.322 e. The van der Waals surface area contributed by atoms with Crippen LogP contribution < -0.4 is 5.32 Å². The van der Waals surface area contributed by atoms with Crippen molar-refractivity contribution in [1.29, 1.82) is 0 Å². The standard InChI is InChI=1S/C18H19N3O2S/c1-13-8-9-15(24-13)12-19-21-16(22)18(2,20-17(21)23)11-10-14-6-4-3-5-7-14/h3-9,12H,10-11H2,1-2H3,(H,20,23)/b19-12-/t18-/m0/s1. The molecule has 0 unspecified atom stereocenters. The molecular formula is C18H19N3O2S. The number of benzene rings is 1. The number of aryl methyl sites for hydroxylation is 2. The van der Waals surface area contributed by atoms with E-state index in [4.69, 9.17) is 0 Å². The van der Waals surface area contributed by atoms with Gasteiger partial charge in [0.15, 0.2) is 0 Å². The fourth-order valence-electron chi connectivity index (χ4n) is 2.62. The smallest absolute Gasteiger partial charge is 0.322 e. The van der Waals surface area contributed by atoms with Crippen LogP contribution in [0.15, 0.2) is 47.6 Å². The van der Waals surface area contributed by atoms with Crippen molar-refractivity contribution in [3.8, 4) is 0 Å². The molecule has 6 heteroatoms. The Kier molecular flexibility index (Phi) is 4.49. The average molecular weight is 341 g/mol. The molecule has 24 heavy (non-hydrogen) atoms. The van der Waals surface area contributed by atoms with Crippen LogP contribution in [0.4, 0.5) is 4.79 Å². The molecule has 1 aromatic heterocycles. The lowest BCUT2D eigenvalue weighted by molar-refractivity contribution is -0.130. The van der Waals surface area contributed by atoms with Crippen LogP contribution in [0.3, 0.4) is 0 Å². The number of thiophene rings is 1. The highest BCUT2D eigenvalue weighted by Gasteiger charge is 2.47. The first kappa shape index (κ1) is 16.4. The zero-order chi connectivity index (χ0) is 17.2. The van der Waals surface area contributed by atoms with Gasteiger partial charge < -0.3 is 5.32 Å². The summed E-state index contributed by atoms with van der Waals surface area (Å²) in [5.41, 5.74) is 0.215. The van der Waals surface area contributed by atoms with E-state index in [-0.39, 0.29) is 5.91 Å². The maximum absolute atomic E-state index is 12.6. The van der Waals surface area contributed by atoms with Crippen LogP contribution >= 0.6 is 11.3 Å². The summed E-state index contributed by atoms with van der Waals surface area (Å²) in [7, 11) is 0. The largest absolute Gasteiger partial charge is 0.346 e. The summed E-state index contributed by atoms with van der Waals surface area (Å²) in [5.74, 6) is -0.312. The summed E-state index contributed by atoms with van der Waals surface area (Å²) in [6.07, 6.45) is 2.80. The normalized spacial score (nSPS) is 20.8. The number of nitrogens with zero attached hydrogens (tertiary/aromatic N) is 2. The van der Waals surface area contributed by atoms with Crippen LogP contribution in [0.5, 0.6) is 0 Å². The van der Waals surface area contributed by atoms with Gasteiger partial charge >= 0.3 is 6.03 Å². The molecule has 1 aliphatic rings. The van der Waals surface area contributed by atoms with Gasteiger partial charge in [-0.2, -0.15) is 5.10 Å². The Labute approximate surface area is 145 Å². The molecule has 124 valence electrons. The monoisotopic (exact) mass is 341 g/mol. The van der Waals surface area contributed by atoms with Crippen LogP contribution in [-0.2, 0) is 11.2 Å². The molecule has 0 saturated carbocycles. The van der Waals surface area contributed by atoms with Gasteiger partial charge in [0.1, 0.15) is 5.54 Å². The van der Waals surface area contributed by atoms with Crippen molar-refractivity contribution in [3.05, 3.63) is 57.8 Å². The van der Waals surface area contributed by atoms with Crippen molar-refractivity contribution in [2.45, 2.75) is 32.2 Å². The van der Waals surface area contributed by atoms with Crippen LogP contribution in [0.2, 0.25) is 0 Å². The highest BCUT2D eigenvalue weighted by Crippen LogP contribution is 2.24. The number of hydrogen-bond donors (Lipinski definition) is 1. The minimum absolute atomic E-state index is 0.312. The van der Waals surface area contributed by atoms with E-state index in [9.17, 15) is 9.59 Å². The van der Waals surface area contributed by atoms with E-state index in [0.717, 1.165) is 20.3 Å². The molecule has 2 heterocycles. The van der Waals surface area contributed by atoms with Gasteiger partial charge in [-0.25, -0.2) is 4.79 Å². The van der Waals surface area contributed by atoms with E-state index in [1.54, 1.807) is 24.5 Å². The highest BCUT2D eigenvalue weighted by molar-refractivity contribution is 7.13. The summed E-state index contributed by atoms with van der Waals surface area (Å²) >= 11 is 1.56. The first-order valence-electron chi connectivity index (χ1n) is 7.79. The predicted octanol–water partition coefficient (Wildman–Crippen LogP) is 3.33. The zero-order valence-electron chi connectivity index (χ0n) is 13.7. The van der Waals surface area contributed by atoms with E-state index in [1.807, 2.05) is 49.4 Å². The lowest BCUT2D eigenvalue weighted by atomic mass is 9.93. The number of nitrogens with one attached hydrogen (secondary N) is 1. The molecule has 0 bridgehead atoms. The number of rotatable bonds is 5. The van der Waals surface area contributed by atoms with Gasteiger partial charge in [-0.1, -0.05) is 30.3 Å². The molecule has 1 fully saturated rings. The quantitative estimate of drug-likeness (QED) is 0.670. The fourth-order valence-corrected chi connectivity index (χ4v) is 3.36. The van der Waals surface area contributed by atoms with Crippen molar-refractivity contribution < 1.29 is 9.59 Å². The summed E-state index contributed by atoms with van der Waals surface area (Å²) in [6.45, 7) is 3.75. The lowest BCUT2D eigenvalue weighted by Crippen LogP contribution is -2.44. The van der Waals surface area contributed by atoms with Gasteiger partial charge in [0.25, 0.3) is 5.91 Å². The van der Waals surface area contributed by atoms with E-state index in [2.05, 4.69) is 10.4 Å². The van der Waals surface area contributed by atoms with E-state index in [1.165, 1.54) is 0 Å². The summed E-state index contributed by atoms with van der Waals surface area (Å²) in [5, 5.41) is 7.78. The van der Waals surface area contributed by atoms with Crippen LogP contribution in [0.25, 0.3) is 0 Å². The Morgan fingerprint density at radius 3 is 2.62 bits per heavy atom. The number of imide groups is 1. The van der Waals surface area contributed by atoms with Gasteiger partial charge in [0.05, 0.1) is 6.21 Å². The molecule has 1 aromatic carbocycles. The Bertz CT molecular complexity index is 785. The van der Waals surface area contributed by atoms with Gasteiger partial charge in [-0.05, 0) is 44.4 Å². The summed E-state index contributed by atoms with van der Waals surface area (Å²) < 4.78 is 0. The van der Waals surface area contributed by atoms with E-state index >= 15 is 0 Å². The van der Waals surface area contributed by atoms with Gasteiger partial charge in [-0.3, -0.25) is 4.79 Å². The number of carbonyl (C=O) groups excluding carboxylic acids is 2. The SMILES string of the molecule is Cc1ccc(/C=N\N2C(=O)N[C@@](C)(CCc3ccccc3)C2=O)s1. The topological polar surface area (TPSA) is 61.8 Å². The third kappa shape index (κ3) is 3.38. The van der Waals surface area contributed by atoms with Crippen molar-refractivity contribution in [1.82, 2.24) is 10.3 Å². The van der Waals surface area contributed by atoms with Crippen LogP contribution in [0.1, 0.15) is 28.7 Å². The average Bonchev–Trinajstić information content (AvgIpc) is 3.07. The maximum Gasteiger partial charge on any atom is 0.346 e. The third-order valence-corrected chi connectivity index (χ3v) is 4.99. The molecule has 0 aliphatic carbocycles.